The first-order chi connectivity index (χ1) is 12.2. The van der Waals surface area contributed by atoms with Crippen molar-refractivity contribution in [3.63, 3.8) is 0 Å². The summed E-state index contributed by atoms with van der Waals surface area (Å²) in [5, 5.41) is 4.03. The molecule has 3 rings (SSSR count). The van der Waals surface area contributed by atoms with Crippen LogP contribution in [0.3, 0.4) is 0 Å². The molecular weight excluding hydrogens is 312 g/mol. The molecule has 0 aromatic heterocycles. The summed E-state index contributed by atoms with van der Waals surface area (Å²) in [5.74, 6) is -0.252. The van der Waals surface area contributed by atoms with Gasteiger partial charge in [-0.25, -0.2) is 5.43 Å². The SMILES string of the molecule is Nc1ccc(C(=O)N/N=C\c2ccc(N3CCCCCC3)cc2)cc1. The highest BCUT2D eigenvalue weighted by Crippen LogP contribution is 2.19. The molecule has 0 radical (unpaired) electrons. The molecule has 130 valence electrons. The van der Waals surface area contributed by atoms with E-state index in [0.29, 0.717) is 11.3 Å². The summed E-state index contributed by atoms with van der Waals surface area (Å²) in [6.07, 6.45) is 6.84. The second kappa shape index (κ2) is 8.33. The van der Waals surface area contributed by atoms with Crippen molar-refractivity contribution in [2.24, 2.45) is 5.10 Å². The minimum Gasteiger partial charge on any atom is -0.399 e. The number of rotatable bonds is 4. The van der Waals surface area contributed by atoms with Crippen LogP contribution < -0.4 is 16.1 Å². The molecule has 0 atom stereocenters. The largest absolute Gasteiger partial charge is 0.399 e. The maximum Gasteiger partial charge on any atom is 0.271 e. The highest BCUT2D eigenvalue weighted by atomic mass is 16.2. The topological polar surface area (TPSA) is 70.7 Å². The van der Waals surface area contributed by atoms with Crippen LogP contribution in [0.1, 0.15) is 41.6 Å². The molecule has 1 heterocycles. The van der Waals surface area contributed by atoms with E-state index in [4.69, 9.17) is 5.73 Å². The lowest BCUT2D eigenvalue weighted by molar-refractivity contribution is 0.0955. The molecule has 0 aliphatic carbocycles. The van der Waals surface area contributed by atoms with Gasteiger partial charge in [-0.2, -0.15) is 5.10 Å². The molecule has 2 aromatic rings. The van der Waals surface area contributed by atoms with Gasteiger partial charge in [0, 0.05) is 30.0 Å². The second-order valence-electron chi connectivity index (χ2n) is 6.31. The lowest BCUT2D eigenvalue weighted by Gasteiger charge is -2.22. The number of anilines is 2. The third-order valence-corrected chi connectivity index (χ3v) is 4.42. The van der Waals surface area contributed by atoms with Gasteiger partial charge >= 0.3 is 0 Å². The lowest BCUT2D eigenvalue weighted by atomic mass is 10.2. The standard InChI is InChI=1S/C20H24N4O/c21-18-9-7-17(8-10-18)20(25)23-22-15-16-5-11-19(12-6-16)24-13-3-1-2-4-14-24/h5-12,15H,1-4,13-14,21H2,(H,23,25)/b22-15-. The summed E-state index contributed by atoms with van der Waals surface area (Å²) in [4.78, 5) is 14.4. The van der Waals surface area contributed by atoms with Crippen molar-refractivity contribution in [1.82, 2.24) is 5.43 Å². The highest BCUT2D eigenvalue weighted by Gasteiger charge is 2.09. The van der Waals surface area contributed by atoms with Crippen LogP contribution in [0.4, 0.5) is 11.4 Å². The molecular formula is C20H24N4O. The van der Waals surface area contributed by atoms with Crippen LogP contribution in [0.2, 0.25) is 0 Å². The van der Waals surface area contributed by atoms with E-state index in [1.807, 2.05) is 12.1 Å². The minimum atomic E-state index is -0.252. The molecule has 3 N–H and O–H groups in total. The number of carbonyl (C=O) groups excluding carboxylic acids is 1. The fourth-order valence-corrected chi connectivity index (χ4v) is 2.96. The van der Waals surface area contributed by atoms with Crippen molar-refractivity contribution < 1.29 is 4.79 Å². The van der Waals surface area contributed by atoms with E-state index in [-0.39, 0.29) is 5.91 Å². The number of nitrogens with two attached hydrogens (primary N) is 1. The average molecular weight is 336 g/mol. The lowest BCUT2D eigenvalue weighted by Crippen LogP contribution is -2.23. The van der Waals surface area contributed by atoms with Gasteiger partial charge in [-0.1, -0.05) is 25.0 Å². The molecule has 2 aromatic carbocycles. The molecule has 5 heteroatoms. The number of amides is 1. The van der Waals surface area contributed by atoms with Crippen LogP contribution in [-0.4, -0.2) is 25.2 Å². The molecule has 1 saturated heterocycles. The van der Waals surface area contributed by atoms with Gasteiger partial charge in [0.05, 0.1) is 6.21 Å². The number of nitrogens with one attached hydrogen (secondary N) is 1. The van der Waals surface area contributed by atoms with E-state index in [9.17, 15) is 4.79 Å². The Labute approximate surface area is 148 Å². The molecule has 0 saturated carbocycles. The van der Waals surface area contributed by atoms with Crippen LogP contribution >= 0.6 is 0 Å². The Morgan fingerprint density at radius 2 is 1.60 bits per heavy atom. The normalized spacial score (nSPS) is 15.1. The van der Waals surface area contributed by atoms with Gasteiger partial charge < -0.3 is 10.6 Å². The van der Waals surface area contributed by atoms with Crippen molar-refractivity contribution in [1.29, 1.82) is 0 Å². The number of nitrogen functional groups attached to an aromatic ring is 1. The molecule has 25 heavy (non-hydrogen) atoms. The Balaban J connectivity index is 1.56. The summed E-state index contributed by atoms with van der Waals surface area (Å²) in [6, 6.07) is 15.0. The van der Waals surface area contributed by atoms with E-state index in [0.717, 1.165) is 18.7 Å². The summed E-state index contributed by atoms with van der Waals surface area (Å²) in [6.45, 7) is 2.26. The van der Waals surface area contributed by atoms with Gasteiger partial charge in [0.25, 0.3) is 5.91 Å². The first-order valence-corrected chi connectivity index (χ1v) is 8.76. The van der Waals surface area contributed by atoms with E-state index >= 15 is 0 Å². The third-order valence-electron chi connectivity index (χ3n) is 4.42. The summed E-state index contributed by atoms with van der Waals surface area (Å²) < 4.78 is 0. The molecule has 1 aliphatic heterocycles. The second-order valence-corrected chi connectivity index (χ2v) is 6.31. The van der Waals surface area contributed by atoms with Crippen LogP contribution in [0.25, 0.3) is 0 Å². The quantitative estimate of drug-likeness (QED) is 0.510. The van der Waals surface area contributed by atoms with Crippen molar-refractivity contribution >= 4 is 23.5 Å². The van der Waals surface area contributed by atoms with Gasteiger partial charge in [0.15, 0.2) is 0 Å². The first kappa shape index (κ1) is 17.0. The Morgan fingerprint density at radius 1 is 0.960 bits per heavy atom. The minimum absolute atomic E-state index is 0.252. The Morgan fingerprint density at radius 3 is 2.24 bits per heavy atom. The molecule has 0 unspecified atom stereocenters. The van der Waals surface area contributed by atoms with Crippen LogP contribution in [0, 0.1) is 0 Å². The zero-order valence-electron chi connectivity index (χ0n) is 14.3. The highest BCUT2D eigenvalue weighted by molar-refractivity contribution is 5.95. The third kappa shape index (κ3) is 4.83. The number of benzene rings is 2. The smallest absolute Gasteiger partial charge is 0.271 e. The predicted octanol–water partition coefficient (Wildman–Crippen LogP) is 3.41. The van der Waals surface area contributed by atoms with E-state index < -0.39 is 0 Å². The fourth-order valence-electron chi connectivity index (χ4n) is 2.96. The van der Waals surface area contributed by atoms with E-state index in [1.54, 1.807) is 30.5 Å². The maximum atomic E-state index is 12.0. The maximum absolute atomic E-state index is 12.0. The molecule has 1 fully saturated rings. The van der Waals surface area contributed by atoms with Crippen molar-refractivity contribution in [3.05, 3.63) is 59.7 Å². The Bertz CT molecular complexity index is 714. The number of carbonyl (C=O) groups is 1. The zero-order chi connectivity index (χ0) is 17.5. The summed E-state index contributed by atoms with van der Waals surface area (Å²) in [7, 11) is 0. The molecule has 1 aliphatic rings. The molecule has 5 nitrogen and oxygen atoms in total. The number of hydrogen-bond donors (Lipinski definition) is 2. The fraction of sp³-hybridized carbons (Fsp3) is 0.300. The van der Waals surface area contributed by atoms with Gasteiger partial charge in [0.2, 0.25) is 0 Å². The molecule has 0 bridgehead atoms. The monoisotopic (exact) mass is 336 g/mol. The zero-order valence-corrected chi connectivity index (χ0v) is 14.3. The van der Waals surface area contributed by atoms with Gasteiger partial charge in [0.1, 0.15) is 0 Å². The Hall–Kier alpha value is -2.82. The molecule has 0 spiro atoms. The van der Waals surface area contributed by atoms with Crippen LogP contribution in [-0.2, 0) is 0 Å². The van der Waals surface area contributed by atoms with Crippen molar-refractivity contribution in [3.8, 4) is 0 Å². The summed E-state index contributed by atoms with van der Waals surface area (Å²) >= 11 is 0. The van der Waals surface area contributed by atoms with Crippen LogP contribution in [0.5, 0.6) is 0 Å². The average Bonchev–Trinajstić information content (AvgIpc) is 2.92. The predicted molar refractivity (Wildman–Crippen MR) is 103 cm³/mol. The van der Waals surface area contributed by atoms with E-state index in [2.05, 4.69) is 27.6 Å². The summed E-state index contributed by atoms with van der Waals surface area (Å²) in [5.41, 5.74) is 11.5. The van der Waals surface area contributed by atoms with Crippen molar-refractivity contribution in [2.75, 3.05) is 23.7 Å². The van der Waals surface area contributed by atoms with Crippen LogP contribution in [0.15, 0.2) is 53.6 Å². The molecule has 1 amide bonds. The number of hydrazone groups is 1. The number of hydrogen-bond acceptors (Lipinski definition) is 4. The van der Waals surface area contributed by atoms with Crippen molar-refractivity contribution in [2.45, 2.75) is 25.7 Å². The Kier molecular flexibility index (Phi) is 5.67. The number of nitrogens with zero attached hydrogens (tertiary/aromatic N) is 2. The van der Waals surface area contributed by atoms with Gasteiger partial charge in [-0.05, 0) is 54.8 Å². The van der Waals surface area contributed by atoms with E-state index in [1.165, 1.54) is 31.4 Å². The first-order valence-electron chi connectivity index (χ1n) is 8.76. The van der Waals surface area contributed by atoms with Gasteiger partial charge in [-0.3, -0.25) is 4.79 Å². The van der Waals surface area contributed by atoms with Gasteiger partial charge in [-0.15, -0.1) is 0 Å².